The van der Waals surface area contributed by atoms with Crippen molar-refractivity contribution in [3.05, 3.63) is 23.8 Å². The average Bonchev–Trinajstić information content (AvgIpc) is 3.14. The molecule has 2 fully saturated rings. The first-order valence-corrected chi connectivity index (χ1v) is 10.4. The molecule has 4 rings (SSSR count). The molecule has 1 saturated heterocycles. The maximum absolute atomic E-state index is 12.6. The predicted octanol–water partition coefficient (Wildman–Crippen LogP) is 1.80. The first-order chi connectivity index (χ1) is 12.2. The number of amides is 2. The van der Waals surface area contributed by atoms with Gasteiger partial charge in [-0.25, -0.2) is 0 Å². The van der Waals surface area contributed by atoms with Gasteiger partial charge in [0.2, 0.25) is 5.37 Å². The molecule has 1 aromatic rings. The zero-order chi connectivity index (χ0) is 17.2. The van der Waals surface area contributed by atoms with E-state index in [2.05, 4.69) is 10.6 Å². The van der Waals surface area contributed by atoms with Crippen LogP contribution in [0.4, 0.5) is 5.69 Å². The summed E-state index contributed by atoms with van der Waals surface area (Å²) in [5, 5.41) is 6.08. The van der Waals surface area contributed by atoms with Crippen LogP contribution in [0.3, 0.4) is 0 Å². The van der Waals surface area contributed by atoms with Crippen molar-refractivity contribution in [1.82, 2.24) is 5.32 Å². The van der Waals surface area contributed by atoms with E-state index >= 15 is 0 Å². The molecule has 2 heterocycles. The molecule has 6 heteroatoms. The summed E-state index contributed by atoms with van der Waals surface area (Å²) in [6, 6.07) is 6.00. The Bertz CT molecular complexity index is 667. The van der Waals surface area contributed by atoms with Crippen LogP contribution in [0.5, 0.6) is 0 Å². The molecule has 1 unspecified atom stereocenters. The first-order valence-electron chi connectivity index (χ1n) is 9.48. The lowest BCUT2D eigenvalue weighted by molar-refractivity contribution is -0.906. The van der Waals surface area contributed by atoms with E-state index in [0.29, 0.717) is 11.6 Å². The Kier molecular flexibility index (Phi) is 4.99. The summed E-state index contributed by atoms with van der Waals surface area (Å²) < 4.78 is 0. The number of hydrogen-bond donors (Lipinski definition) is 3. The fraction of sp³-hybridized carbons (Fsp3) is 0.579. The van der Waals surface area contributed by atoms with Crippen molar-refractivity contribution < 1.29 is 14.5 Å². The van der Waals surface area contributed by atoms with E-state index in [4.69, 9.17) is 0 Å². The van der Waals surface area contributed by atoms with Gasteiger partial charge in [-0.2, -0.15) is 0 Å². The number of nitrogens with one attached hydrogen (secondary N) is 3. The molecular formula is C19H26N3O2S+. The summed E-state index contributed by atoms with van der Waals surface area (Å²) in [6.07, 6.45) is 8.22. The van der Waals surface area contributed by atoms with E-state index in [1.165, 1.54) is 37.0 Å². The van der Waals surface area contributed by atoms with Crippen molar-refractivity contribution in [3.63, 3.8) is 0 Å². The Morgan fingerprint density at radius 1 is 1.12 bits per heavy atom. The lowest BCUT2D eigenvalue weighted by Gasteiger charge is -2.33. The number of rotatable bonds is 3. The highest BCUT2D eigenvalue weighted by Crippen LogP contribution is 2.34. The number of carbonyl (C=O) groups is 2. The molecule has 1 aliphatic carbocycles. The van der Waals surface area contributed by atoms with Crippen LogP contribution in [0.2, 0.25) is 0 Å². The Morgan fingerprint density at radius 2 is 1.88 bits per heavy atom. The van der Waals surface area contributed by atoms with E-state index in [1.807, 2.05) is 18.2 Å². The molecule has 0 aromatic heterocycles. The van der Waals surface area contributed by atoms with Gasteiger partial charge < -0.3 is 15.5 Å². The largest absolute Gasteiger partial charge is 0.349 e. The van der Waals surface area contributed by atoms with Crippen LogP contribution in [0.1, 0.15) is 55.3 Å². The molecule has 0 spiro atoms. The van der Waals surface area contributed by atoms with Crippen molar-refractivity contribution in [2.24, 2.45) is 0 Å². The number of likely N-dealkylation sites (tertiary alicyclic amines) is 1. The number of benzene rings is 1. The fourth-order valence-corrected chi connectivity index (χ4v) is 5.33. The number of carbonyl (C=O) groups excluding carboxylic acids is 2. The molecule has 25 heavy (non-hydrogen) atoms. The van der Waals surface area contributed by atoms with E-state index < -0.39 is 0 Å². The van der Waals surface area contributed by atoms with Gasteiger partial charge in [-0.1, -0.05) is 24.6 Å². The molecule has 5 nitrogen and oxygen atoms in total. The quantitative estimate of drug-likeness (QED) is 0.770. The summed E-state index contributed by atoms with van der Waals surface area (Å²) in [6.45, 7) is 2.14. The van der Waals surface area contributed by atoms with Gasteiger partial charge in [0, 0.05) is 16.5 Å². The molecule has 1 aromatic carbocycles. The SMILES string of the molecule is O=C(NC1CCCC1)c1ccc2c(c1)NC(=O)C([NH+]1CCCCC1)S2. The summed E-state index contributed by atoms with van der Waals surface area (Å²) in [5.74, 6) is 0.0421. The van der Waals surface area contributed by atoms with Crippen molar-refractivity contribution in [2.75, 3.05) is 18.4 Å². The minimum absolute atomic E-state index is 0.0299. The standard InChI is InChI=1S/C19H25N3O2S/c23-17(20-14-6-2-3-7-14)13-8-9-16-15(12-13)21-18(24)19(25-16)22-10-4-1-5-11-22/h8-9,12,14,19H,1-7,10-11H2,(H,20,23)(H,21,24)/p+1. The third-order valence-electron chi connectivity index (χ3n) is 5.54. The molecule has 1 atom stereocenters. The monoisotopic (exact) mass is 360 g/mol. The lowest BCUT2D eigenvalue weighted by atomic mass is 10.1. The van der Waals surface area contributed by atoms with Crippen LogP contribution < -0.4 is 15.5 Å². The predicted molar refractivity (Wildman–Crippen MR) is 99.0 cm³/mol. The number of anilines is 1. The number of piperidine rings is 1. The molecule has 2 amide bonds. The number of quaternary nitrogens is 1. The maximum atomic E-state index is 12.6. The van der Waals surface area contributed by atoms with Crippen LogP contribution in [0.25, 0.3) is 0 Å². The van der Waals surface area contributed by atoms with Gasteiger partial charge in [0.25, 0.3) is 11.8 Å². The van der Waals surface area contributed by atoms with Gasteiger partial charge in [0.15, 0.2) is 0 Å². The topological polar surface area (TPSA) is 62.6 Å². The number of fused-ring (bicyclic) bond motifs is 1. The van der Waals surface area contributed by atoms with Crippen molar-refractivity contribution in [3.8, 4) is 0 Å². The van der Waals surface area contributed by atoms with Crippen molar-refractivity contribution in [1.29, 1.82) is 0 Å². The van der Waals surface area contributed by atoms with Gasteiger partial charge in [-0.05, 0) is 50.3 Å². The fourth-order valence-electron chi connectivity index (χ4n) is 4.13. The number of hydrogen-bond acceptors (Lipinski definition) is 3. The summed E-state index contributed by atoms with van der Waals surface area (Å²) in [5.41, 5.74) is 1.41. The van der Waals surface area contributed by atoms with E-state index in [1.54, 1.807) is 11.8 Å². The zero-order valence-corrected chi connectivity index (χ0v) is 15.3. The minimum atomic E-state index is -0.0639. The first kappa shape index (κ1) is 16.9. The van der Waals surface area contributed by atoms with E-state index in [-0.39, 0.29) is 17.2 Å². The van der Waals surface area contributed by atoms with Gasteiger partial charge in [-0.3, -0.25) is 9.59 Å². The Morgan fingerprint density at radius 3 is 2.64 bits per heavy atom. The van der Waals surface area contributed by atoms with Gasteiger partial charge in [-0.15, -0.1) is 0 Å². The second-order valence-corrected chi connectivity index (χ2v) is 8.52. The molecule has 3 aliphatic rings. The van der Waals surface area contributed by atoms with E-state index in [0.717, 1.165) is 36.5 Å². The molecule has 3 N–H and O–H groups in total. The molecule has 1 saturated carbocycles. The van der Waals surface area contributed by atoms with Crippen molar-refractivity contribution >= 4 is 29.3 Å². The normalized spacial score (nSPS) is 24.6. The van der Waals surface area contributed by atoms with Gasteiger partial charge in [0.05, 0.1) is 18.8 Å². The smallest absolute Gasteiger partial charge is 0.294 e. The summed E-state index contributed by atoms with van der Waals surface area (Å²) in [4.78, 5) is 27.5. The Balaban J connectivity index is 1.47. The van der Waals surface area contributed by atoms with E-state index in [9.17, 15) is 9.59 Å². The molecule has 134 valence electrons. The summed E-state index contributed by atoms with van der Waals surface area (Å²) in [7, 11) is 0. The molecule has 0 radical (unpaired) electrons. The minimum Gasteiger partial charge on any atom is -0.349 e. The Hall–Kier alpha value is -1.53. The highest BCUT2D eigenvalue weighted by molar-refractivity contribution is 8.00. The highest BCUT2D eigenvalue weighted by atomic mass is 32.2. The van der Waals surface area contributed by atoms with Crippen LogP contribution in [-0.2, 0) is 4.79 Å². The third-order valence-corrected chi connectivity index (χ3v) is 6.93. The summed E-state index contributed by atoms with van der Waals surface area (Å²) >= 11 is 1.64. The van der Waals surface area contributed by atoms with Gasteiger partial charge >= 0.3 is 0 Å². The lowest BCUT2D eigenvalue weighted by Crippen LogP contribution is -3.17. The van der Waals surface area contributed by atoms with Gasteiger partial charge in [0.1, 0.15) is 0 Å². The Labute approximate surface area is 152 Å². The molecule has 0 bridgehead atoms. The molecular weight excluding hydrogens is 334 g/mol. The second kappa shape index (κ2) is 7.38. The highest BCUT2D eigenvalue weighted by Gasteiger charge is 2.36. The zero-order valence-electron chi connectivity index (χ0n) is 14.5. The van der Waals surface area contributed by atoms with Crippen molar-refractivity contribution in [2.45, 2.75) is 61.3 Å². The molecule has 2 aliphatic heterocycles. The average molecular weight is 361 g/mol. The van der Waals surface area contributed by atoms with Crippen LogP contribution >= 0.6 is 11.8 Å². The second-order valence-electron chi connectivity index (χ2n) is 7.37. The third kappa shape index (κ3) is 3.70. The maximum Gasteiger partial charge on any atom is 0.294 e. The van der Waals surface area contributed by atoms with Crippen LogP contribution in [-0.4, -0.2) is 36.3 Å². The van der Waals surface area contributed by atoms with Crippen LogP contribution in [0.15, 0.2) is 23.1 Å². The number of thioether (sulfide) groups is 1. The van der Waals surface area contributed by atoms with Crippen LogP contribution in [0, 0.1) is 0 Å².